The third kappa shape index (κ3) is 4.33. The molecule has 3 rings (SSSR count). The van der Waals surface area contributed by atoms with Crippen LogP contribution in [0, 0.1) is 6.92 Å². The SMILES string of the molecule is Cc1ccc(NC(=O)c2ccnc(NCC3CCCO3)c2)c(Br)c1. The van der Waals surface area contributed by atoms with Crippen molar-refractivity contribution in [2.45, 2.75) is 25.9 Å². The summed E-state index contributed by atoms with van der Waals surface area (Å²) in [5.74, 6) is 0.517. The monoisotopic (exact) mass is 389 g/mol. The van der Waals surface area contributed by atoms with Crippen LogP contribution in [-0.4, -0.2) is 30.1 Å². The molecule has 0 spiro atoms. The molecule has 0 saturated carbocycles. The van der Waals surface area contributed by atoms with Gasteiger partial charge in [-0.1, -0.05) is 6.07 Å². The van der Waals surface area contributed by atoms with Crippen molar-refractivity contribution in [3.8, 4) is 0 Å². The van der Waals surface area contributed by atoms with Crippen molar-refractivity contribution in [3.05, 3.63) is 52.1 Å². The highest BCUT2D eigenvalue weighted by atomic mass is 79.9. The molecule has 1 amide bonds. The van der Waals surface area contributed by atoms with E-state index in [0.717, 1.165) is 35.2 Å². The van der Waals surface area contributed by atoms with Crippen LogP contribution in [0.1, 0.15) is 28.8 Å². The number of pyridine rings is 1. The molecule has 0 aliphatic carbocycles. The number of rotatable bonds is 5. The maximum absolute atomic E-state index is 12.5. The minimum Gasteiger partial charge on any atom is -0.376 e. The maximum Gasteiger partial charge on any atom is 0.255 e. The lowest BCUT2D eigenvalue weighted by atomic mass is 10.2. The second kappa shape index (κ2) is 7.77. The van der Waals surface area contributed by atoms with Crippen LogP contribution in [0.5, 0.6) is 0 Å². The van der Waals surface area contributed by atoms with Gasteiger partial charge in [-0.15, -0.1) is 0 Å². The van der Waals surface area contributed by atoms with Gasteiger partial charge in [-0.25, -0.2) is 4.98 Å². The number of nitrogens with one attached hydrogen (secondary N) is 2. The third-order valence-electron chi connectivity index (χ3n) is 3.93. The van der Waals surface area contributed by atoms with E-state index in [1.807, 2.05) is 25.1 Å². The molecule has 2 N–H and O–H groups in total. The van der Waals surface area contributed by atoms with Crippen LogP contribution in [-0.2, 0) is 4.74 Å². The lowest BCUT2D eigenvalue weighted by Gasteiger charge is -2.12. The van der Waals surface area contributed by atoms with Crippen LogP contribution in [0.2, 0.25) is 0 Å². The number of aryl methyl sites for hydroxylation is 1. The number of nitrogens with zero attached hydrogens (tertiary/aromatic N) is 1. The first-order valence-electron chi connectivity index (χ1n) is 8.01. The van der Waals surface area contributed by atoms with E-state index in [0.29, 0.717) is 17.9 Å². The number of benzene rings is 1. The van der Waals surface area contributed by atoms with Gasteiger partial charge < -0.3 is 15.4 Å². The molecule has 2 aromatic rings. The fourth-order valence-electron chi connectivity index (χ4n) is 2.61. The average Bonchev–Trinajstić information content (AvgIpc) is 3.09. The number of amides is 1. The predicted molar refractivity (Wildman–Crippen MR) is 98.5 cm³/mol. The number of anilines is 2. The normalized spacial score (nSPS) is 16.8. The maximum atomic E-state index is 12.5. The van der Waals surface area contributed by atoms with E-state index in [2.05, 4.69) is 31.5 Å². The van der Waals surface area contributed by atoms with Crippen LogP contribution in [0.15, 0.2) is 41.0 Å². The highest BCUT2D eigenvalue weighted by molar-refractivity contribution is 9.10. The van der Waals surface area contributed by atoms with E-state index >= 15 is 0 Å². The van der Waals surface area contributed by atoms with Crippen molar-refractivity contribution >= 4 is 33.3 Å². The van der Waals surface area contributed by atoms with E-state index in [1.165, 1.54) is 0 Å². The van der Waals surface area contributed by atoms with Gasteiger partial charge in [0.2, 0.25) is 0 Å². The Morgan fingerprint density at radius 2 is 2.25 bits per heavy atom. The van der Waals surface area contributed by atoms with Crippen LogP contribution >= 0.6 is 15.9 Å². The number of halogens is 1. The van der Waals surface area contributed by atoms with Gasteiger partial charge in [-0.2, -0.15) is 0 Å². The summed E-state index contributed by atoms with van der Waals surface area (Å²) in [7, 11) is 0. The molecule has 2 heterocycles. The van der Waals surface area contributed by atoms with Crippen molar-refractivity contribution < 1.29 is 9.53 Å². The van der Waals surface area contributed by atoms with Crippen LogP contribution < -0.4 is 10.6 Å². The molecular formula is C18H20BrN3O2. The summed E-state index contributed by atoms with van der Waals surface area (Å²) in [5.41, 5.74) is 2.44. The summed E-state index contributed by atoms with van der Waals surface area (Å²) in [4.78, 5) is 16.7. The summed E-state index contributed by atoms with van der Waals surface area (Å²) in [6.45, 7) is 3.54. The summed E-state index contributed by atoms with van der Waals surface area (Å²) in [5, 5.41) is 6.15. The van der Waals surface area contributed by atoms with Gasteiger partial charge in [0.05, 0.1) is 11.8 Å². The molecule has 1 aliphatic heterocycles. The molecule has 1 aromatic heterocycles. The van der Waals surface area contributed by atoms with Crippen molar-refractivity contribution in [3.63, 3.8) is 0 Å². The molecule has 6 heteroatoms. The summed E-state index contributed by atoms with van der Waals surface area (Å²) < 4.78 is 6.44. The molecule has 0 bridgehead atoms. The molecule has 1 aliphatic rings. The Balaban J connectivity index is 1.65. The van der Waals surface area contributed by atoms with Crippen molar-refractivity contribution in [1.29, 1.82) is 0 Å². The molecule has 1 fully saturated rings. The van der Waals surface area contributed by atoms with E-state index in [4.69, 9.17) is 4.74 Å². The van der Waals surface area contributed by atoms with Crippen molar-refractivity contribution in [1.82, 2.24) is 4.98 Å². The van der Waals surface area contributed by atoms with E-state index in [1.54, 1.807) is 18.3 Å². The smallest absolute Gasteiger partial charge is 0.255 e. The van der Waals surface area contributed by atoms with E-state index < -0.39 is 0 Å². The highest BCUT2D eigenvalue weighted by Crippen LogP contribution is 2.24. The molecule has 1 unspecified atom stereocenters. The molecule has 126 valence electrons. The van der Waals surface area contributed by atoms with Gasteiger partial charge in [0.25, 0.3) is 5.91 Å². The van der Waals surface area contributed by atoms with Gasteiger partial charge in [-0.3, -0.25) is 4.79 Å². The van der Waals surface area contributed by atoms with Gasteiger partial charge in [0.15, 0.2) is 0 Å². The molecule has 1 atom stereocenters. The predicted octanol–water partition coefficient (Wildman–Crippen LogP) is 4.00. The standard InChI is InChI=1S/C18H20BrN3O2/c1-12-4-5-16(15(19)9-12)22-18(23)13-6-7-20-17(10-13)21-11-14-3-2-8-24-14/h4-7,9-10,14H,2-3,8,11H2,1H3,(H,20,21)(H,22,23). The second-order valence-electron chi connectivity index (χ2n) is 5.88. The number of hydrogen-bond donors (Lipinski definition) is 2. The van der Waals surface area contributed by atoms with Gasteiger partial charge >= 0.3 is 0 Å². The number of ether oxygens (including phenoxy) is 1. The Morgan fingerprint density at radius 1 is 1.38 bits per heavy atom. The number of carbonyl (C=O) groups excluding carboxylic acids is 1. The largest absolute Gasteiger partial charge is 0.376 e. The Bertz CT molecular complexity index is 730. The summed E-state index contributed by atoms with van der Waals surface area (Å²) >= 11 is 3.47. The Kier molecular flexibility index (Phi) is 5.48. The van der Waals surface area contributed by atoms with Crippen LogP contribution in [0.4, 0.5) is 11.5 Å². The zero-order valence-corrected chi connectivity index (χ0v) is 15.1. The zero-order valence-electron chi connectivity index (χ0n) is 13.5. The number of hydrogen-bond acceptors (Lipinski definition) is 4. The van der Waals surface area contributed by atoms with E-state index in [9.17, 15) is 4.79 Å². The first-order chi connectivity index (χ1) is 11.6. The molecular weight excluding hydrogens is 370 g/mol. The lowest BCUT2D eigenvalue weighted by Crippen LogP contribution is -2.19. The van der Waals surface area contributed by atoms with E-state index in [-0.39, 0.29) is 12.0 Å². The molecule has 1 saturated heterocycles. The fraction of sp³-hybridized carbons (Fsp3) is 0.333. The average molecular weight is 390 g/mol. The van der Waals surface area contributed by atoms with Gasteiger partial charge in [0, 0.05) is 29.4 Å². The van der Waals surface area contributed by atoms with Crippen molar-refractivity contribution in [2.24, 2.45) is 0 Å². The molecule has 1 aromatic carbocycles. The molecule has 24 heavy (non-hydrogen) atoms. The van der Waals surface area contributed by atoms with Crippen LogP contribution in [0.3, 0.4) is 0 Å². The second-order valence-corrected chi connectivity index (χ2v) is 6.74. The lowest BCUT2D eigenvalue weighted by molar-refractivity contribution is 0.102. The highest BCUT2D eigenvalue weighted by Gasteiger charge is 2.15. The first-order valence-corrected chi connectivity index (χ1v) is 8.80. The zero-order chi connectivity index (χ0) is 16.9. The molecule has 5 nitrogen and oxygen atoms in total. The van der Waals surface area contributed by atoms with Gasteiger partial charge in [-0.05, 0) is 65.5 Å². The topological polar surface area (TPSA) is 63.2 Å². The fourth-order valence-corrected chi connectivity index (χ4v) is 3.20. The third-order valence-corrected chi connectivity index (χ3v) is 4.59. The Morgan fingerprint density at radius 3 is 3.00 bits per heavy atom. The minimum absolute atomic E-state index is 0.165. The Labute approximate surface area is 149 Å². The number of aromatic nitrogens is 1. The Hall–Kier alpha value is -1.92. The summed E-state index contributed by atoms with van der Waals surface area (Å²) in [6.07, 6.45) is 4.03. The van der Waals surface area contributed by atoms with Crippen molar-refractivity contribution in [2.75, 3.05) is 23.8 Å². The quantitative estimate of drug-likeness (QED) is 0.810. The number of carbonyl (C=O) groups is 1. The summed E-state index contributed by atoms with van der Waals surface area (Å²) in [6, 6.07) is 9.27. The minimum atomic E-state index is -0.165. The van der Waals surface area contributed by atoms with Gasteiger partial charge in [0.1, 0.15) is 5.82 Å². The van der Waals surface area contributed by atoms with Crippen LogP contribution in [0.25, 0.3) is 0 Å². The molecule has 0 radical (unpaired) electrons. The first kappa shape index (κ1) is 16.9.